The summed E-state index contributed by atoms with van der Waals surface area (Å²) in [6.07, 6.45) is 1.93. The van der Waals surface area contributed by atoms with Gasteiger partial charge in [-0.15, -0.1) is 22.7 Å². The van der Waals surface area contributed by atoms with Crippen LogP contribution in [0.2, 0.25) is 0 Å². The van der Waals surface area contributed by atoms with E-state index in [1.54, 1.807) is 6.20 Å². The molecule has 3 aromatic heterocycles. The molecule has 118 valence electrons. The fraction of sp³-hybridized carbons (Fsp3) is 0.200. The molecule has 0 saturated heterocycles. The predicted octanol–water partition coefficient (Wildman–Crippen LogP) is 3.54. The number of hydrogen-bond acceptors (Lipinski definition) is 7. The fourth-order valence-electron chi connectivity index (χ4n) is 1.85. The van der Waals surface area contributed by atoms with Crippen LogP contribution in [0.15, 0.2) is 29.8 Å². The Balaban J connectivity index is 1.59. The molecular weight excluding hydrogens is 330 g/mol. The van der Waals surface area contributed by atoms with Crippen LogP contribution in [-0.2, 0) is 11.2 Å². The molecule has 0 unspecified atom stereocenters. The normalized spacial score (nSPS) is 10.5. The van der Waals surface area contributed by atoms with Crippen molar-refractivity contribution in [3.8, 4) is 0 Å². The summed E-state index contributed by atoms with van der Waals surface area (Å²) in [5.41, 5.74) is 1.66. The second-order valence-corrected chi connectivity index (χ2v) is 6.93. The van der Waals surface area contributed by atoms with Gasteiger partial charge in [-0.2, -0.15) is 0 Å². The van der Waals surface area contributed by atoms with Crippen molar-refractivity contribution in [1.29, 1.82) is 0 Å². The van der Waals surface area contributed by atoms with E-state index in [-0.39, 0.29) is 12.3 Å². The average molecular weight is 345 g/mol. The van der Waals surface area contributed by atoms with Crippen LogP contribution in [0.5, 0.6) is 0 Å². The maximum Gasteiger partial charge on any atom is 0.232 e. The zero-order valence-corrected chi connectivity index (χ0v) is 14.3. The zero-order valence-electron chi connectivity index (χ0n) is 12.7. The van der Waals surface area contributed by atoms with Gasteiger partial charge in [0.1, 0.15) is 5.82 Å². The summed E-state index contributed by atoms with van der Waals surface area (Å²) in [5, 5.41) is 9.13. The number of nitrogens with zero attached hydrogens (tertiary/aromatic N) is 3. The van der Waals surface area contributed by atoms with E-state index in [0.29, 0.717) is 10.3 Å². The molecule has 0 atom stereocenters. The Bertz CT molecular complexity index is 793. The molecule has 0 aliphatic carbocycles. The molecule has 3 heterocycles. The zero-order chi connectivity index (χ0) is 16.2. The molecular formula is C15H15N5OS2. The second kappa shape index (κ2) is 6.84. The van der Waals surface area contributed by atoms with E-state index in [2.05, 4.69) is 25.6 Å². The topological polar surface area (TPSA) is 79.8 Å². The molecule has 0 spiro atoms. The Kier molecular flexibility index (Phi) is 4.63. The summed E-state index contributed by atoms with van der Waals surface area (Å²) in [4.78, 5) is 26.0. The van der Waals surface area contributed by atoms with Gasteiger partial charge in [-0.05, 0) is 26.0 Å². The predicted molar refractivity (Wildman–Crippen MR) is 93.6 cm³/mol. The van der Waals surface area contributed by atoms with Crippen molar-refractivity contribution in [2.24, 2.45) is 0 Å². The molecule has 3 aromatic rings. The summed E-state index contributed by atoms with van der Waals surface area (Å²) in [7, 11) is 0. The van der Waals surface area contributed by atoms with Crippen molar-refractivity contribution >= 4 is 44.7 Å². The van der Waals surface area contributed by atoms with Crippen LogP contribution in [0.25, 0.3) is 0 Å². The van der Waals surface area contributed by atoms with Crippen LogP contribution >= 0.6 is 22.7 Å². The summed E-state index contributed by atoms with van der Waals surface area (Å²) in [5.74, 6) is 0.611. The highest BCUT2D eigenvalue weighted by atomic mass is 32.1. The van der Waals surface area contributed by atoms with E-state index in [1.807, 2.05) is 37.4 Å². The van der Waals surface area contributed by atoms with Crippen molar-refractivity contribution in [1.82, 2.24) is 15.0 Å². The monoisotopic (exact) mass is 345 g/mol. The molecule has 8 heteroatoms. The van der Waals surface area contributed by atoms with Crippen LogP contribution in [-0.4, -0.2) is 20.9 Å². The first kappa shape index (κ1) is 15.6. The molecule has 0 bridgehead atoms. The molecule has 2 N–H and O–H groups in total. The van der Waals surface area contributed by atoms with E-state index in [4.69, 9.17) is 0 Å². The Morgan fingerprint density at radius 2 is 2.09 bits per heavy atom. The Hall–Kier alpha value is -2.32. The first-order valence-corrected chi connectivity index (χ1v) is 8.66. The average Bonchev–Trinajstić information content (AvgIpc) is 3.07. The summed E-state index contributed by atoms with van der Waals surface area (Å²) >= 11 is 2.92. The van der Waals surface area contributed by atoms with Crippen molar-refractivity contribution in [2.45, 2.75) is 20.3 Å². The first-order valence-electron chi connectivity index (χ1n) is 6.96. The molecule has 0 radical (unpaired) electrons. The number of anilines is 3. The standard InChI is InChI=1S/C15H15N5OS2/c1-9-10(2)23-15(17-9)20-13(21)7-11-8-22-14(18-11)19-12-5-3-4-6-16-12/h3-6,8H,7H2,1-2H3,(H,16,18,19)(H,17,20,21). The lowest BCUT2D eigenvalue weighted by Crippen LogP contribution is -2.14. The van der Waals surface area contributed by atoms with E-state index < -0.39 is 0 Å². The quantitative estimate of drug-likeness (QED) is 0.739. The van der Waals surface area contributed by atoms with Crippen LogP contribution in [0.4, 0.5) is 16.1 Å². The van der Waals surface area contributed by atoms with Gasteiger partial charge in [-0.25, -0.2) is 15.0 Å². The fourth-order valence-corrected chi connectivity index (χ4v) is 3.39. The van der Waals surface area contributed by atoms with E-state index in [0.717, 1.165) is 22.1 Å². The number of nitrogens with one attached hydrogen (secondary N) is 2. The summed E-state index contributed by atoms with van der Waals surface area (Å²) in [6.45, 7) is 3.91. The second-order valence-electron chi connectivity index (χ2n) is 4.87. The number of carbonyl (C=O) groups is 1. The number of amides is 1. The van der Waals surface area contributed by atoms with Crippen molar-refractivity contribution in [3.63, 3.8) is 0 Å². The molecule has 0 aromatic carbocycles. The van der Waals surface area contributed by atoms with Crippen molar-refractivity contribution in [3.05, 3.63) is 46.0 Å². The highest BCUT2D eigenvalue weighted by Gasteiger charge is 2.11. The van der Waals surface area contributed by atoms with Gasteiger partial charge in [-0.3, -0.25) is 4.79 Å². The molecule has 23 heavy (non-hydrogen) atoms. The lowest BCUT2D eigenvalue weighted by Gasteiger charge is -2.00. The number of aryl methyl sites for hydroxylation is 2. The Morgan fingerprint density at radius 1 is 1.22 bits per heavy atom. The van der Waals surface area contributed by atoms with Gasteiger partial charge in [0.05, 0.1) is 17.8 Å². The van der Waals surface area contributed by atoms with Crippen molar-refractivity contribution < 1.29 is 4.79 Å². The third-order valence-electron chi connectivity index (χ3n) is 3.07. The number of rotatable bonds is 5. The summed E-state index contributed by atoms with van der Waals surface area (Å²) in [6, 6.07) is 5.61. The first-order chi connectivity index (χ1) is 11.1. The van der Waals surface area contributed by atoms with Crippen LogP contribution in [0, 0.1) is 13.8 Å². The van der Waals surface area contributed by atoms with E-state index in [9.17, 15) is 4.79 Å². The van der Waals surface area contributed by atoms with Gasteiger partial charge in [0.25, 0.3) is 0 Å². The van der Waals surface area contributed by atoms with Gasteiger partial charge in [0.15, 0.2) is 10.3 Å². The number of thiazole rings is 2. The van der Waals surface area contributed by atoms with Crippen LogP contribution in [0.3, 0.4) is 0 Å². The minimum Gasteiger partial charge on any atom is -0.316 e. The lowest BCUT2D eigenvalue weighted by molar-refractivity contribution is -0.115. The minimum atomic E-state index is -0.117. The van der Waals surface area contributed by atoms with Crippen molar-refractivity contribution in [2.75, 3.05) is 10.6 Å². The molecule has 1 amide bonds. The number of pyridine rings is 1. The number of carbonyl (C=O) groups excluding carboxylic acids is 1. The largest absolute Gasteiger partial charge is 0.316 e. The number of aromatic nitrogens is 3. The Morgan fingerprint density at radius 3 is 2.78 bits per heavy atom. The van der Waals surface area contributed by atoms with Gasteiger partial charge >= 0.3 is 0 Å². The summed E-state index contributed by atoms with van der Waals surface area (Å²) < 4.78 is 0. The van der Waals surface area contributed by atoms with Gasteiger partial charge in [-0.1, -0.05) is 6.07 Å². The van der Waals surface area contributed by atoms with Gasteiger partial charge in [0.2, 0.25) is 5.91 Å². The molecule has 6 nitrogen and oxygen atoms in total. The lowest BCUT2D eigenvalue weighted by atomic mass is 10.3. The molecule has 0 saturated carbocycles. The third kappa shape index (κ3) is 4.11. The van der Waals surface area contributed by atoms with Crippen LogP contribution < -0.4 is 10.6 Å². The SMILES string of the molecule is Cc1nc(NC(=O)Cc2csc(Nc3ccccn3)n2)sc1C. The van der Waals surface area contributed by atoms with Gasteiger partial charge < -0.3 is 10.6 Å². The van der Waals surface area contributed by atoms with E-state index in [1.165, 1.54) is 22.7 Å². The minimum absolute atomic E-state index is 0.117. The highest BCUT2D eigenvalue weighted by molar-refractivity contribution is 7.15. The molecule has 0 fully saturated rings. The smallest absolute Gasteiger partial charge is 0.232 e. The van der Waals surface area contributed by atoms with Crippen LogP contribution in [0.1, 0.15) is 16.3 Å². The molecule has 3 rings (SSSR count). The molecule has 0 aliphatic rings. The third-order valence-corrected chi connectivity index (χ3v) is 4.86. The molecule has 0 aliphatic heterocycles. The maximum atomic E-state index is 12.1. The van der Waals surface area contributed by atoms with Gasteiger partial charge in [0, 0.05) is 16.5 Å². The number of hydrogen-bond donors (Lipinski definition) is 2. The van der Waals surface area contributed by atoms with E-state index >= 15 is 0 Å². The Labute approximate surface area is 141 Å². The highest BCUT2D eigenvalue weighted by Crippen LogP contribution is 2.22. The maximum absolute atomic E-state index is 12.1.